The van der Waals surface area contributed by atoms with Crippen LogP contribution in [0.1, 0.15) is 12.6 Å². The van der Waals surface area contributed by atoms with Crippen molar-refractivity contribution in [1.29, 1.82) is 0 Å². The lowest BCUT2D eigenvalue weighted by Gasteiger charge is -2.07. The van der Waals surface area contributed by atoms with Crippen LogP contribution in [0.25, 0.3) is 10.4 Å². The van der Waals surface area contributed by atoms with Crippen molar-refractivity contribution in [3.63, 3.8) is 0 Å². The normalized spacial score (nSPS) is 12.1. The molecule has 0 fully saturated rings. The minimum Gasteiger partial charge on any atom is -0.374 e. The largest absolute Gasteiger partial charge is 0.374 e. The standard InChI is InChI=1S/C15H15N5OS3/c1-8-11(10-6-4-3-5-7-10)23-14(17-8)18-12(21)9(2)22-15-20-19-13(16)24-15/h3-7,9H,1-2H3,(H2,16,19)(H,17,18,21). The number of rotatable bonds is 5. The van der Waals surface area contributed by atoms with Crippen LogP contribution in [0.5, 0.6) is 0 Å². The van der Waals surface area contributed by atoms with E-state index in [0.717, 1.165) is 16.1 Å². The molecule has 0 aliphatic heterocycles. The second-order valence-electron chi connectivity index (χ2n) is 4.96. The van der Waals surface area contributed by atoms with Gasteiger partial charge >= 0.3 is 0 Å². The quantitative estimate of drug-likeness (QED) is 0.659. The number of benzene rings is 1. The predicted molar refractivity (Wildman–Crippen MR) is 101 cm³/mol. The number of nitrogens with one attached hydrogen (secondary N) is 1. The summed E-state index contributed by atoms with van der Waals surface area (Å²) in [5.41, 5.74) is 7.55. The van der Waals surface area contributed by atoms with Crippen molar-refractivity contribution < 1.29 is 4.79 Å². The third-order valence-corrected chi connectivity index (χ3v) is 6.19. The number of hydrogen-bond acceptors (Lipinski definition) is 8. The zero-order chi connectivity index (χ0) is 17.1. The molecule has 1 aromatic carbocycles. The molecular formula is C15H15N5OS3. The monoisotopic (exact) mass is 377 g/mol. The highest BCUT2D eigenvalue weighted by Gasteiger charge is 2.19. The first-order valence-corrected chi connectivity index (χ1v) is 9.63. The molecule has 24 heavy (non-hydrogen) atoms. The number of hydrogen-bond donors (Lipinski definition) is 2. The first kappa shape index (κ1) is 16.9. The fourth-order valence-electron chi connectivity index (χ4n) is 1.99. The third-order valence-electron chi connectivity index (χ3n) is 3.13. The average Bonchev–Trinajstić information content (AvgIpc) is 3.13. The first-order valence-electron chi connectivity index (χ1n) is 7.12. The van der Waals surface area contributed by atoms with Crippen LogP contribution < -0.4 is 11.1 Å². The number of nitrogen functional groups attached to an aromatic ring is 1. The minimum absolute atomic E-state index is 0.123. The van der Waals surface area contributed by atoms with E-state index in [1.54, 1.807) is 0 Å². The molecule has 0 saturated carbocycles. The lowest BCUT2D eigenvalue weighted by molar-refractivity contribution is -0.115. The number of aryl methyl sites for hydroxylation is 1. The van der Waals surface area contributed by atoms with Gasteiger partial charge in [0.25, 0.3) is 0 Å². The molecule has 0 spiro atoms. The lowest BCUT2D eigenvalue weighted by Crippen LogP contribution is -2.22. The van der Waals surface area contributed by atoms with Crippen molar-refractivity contribution in [2.75, 3.05) is 11.1 Å². The highest BCUT2D eigenvalue weighted by molar-refractivity contribution is 8.02. The van der Waals surface area contributed by atoms with Crippen LogP contribution in [0, 0.1) is 6.92 Å². The molecule has 3 rings (SSSR count). The molecule has 0 saturated heterocycles. The second-order valence-corrected chi connectivity index (χ2v) is 8.55. The molecule has 2 heterocycles. The molecule has 6 nitrogen and oxygen atoms in total. The maximum atomic E-state index is 12.3. The Labute approximate surface area is 151 Å². The van der Waals surface area contributed by atoms with Crippen LogP contribution in [0.4, 0.5) is 10.3 Å². The van der Waals surface area contributed by atoms with Crippen molar-refractivity contribution in [3.05, 3.63) is 36.0 Å². The van der Waals surface area contributed by atoms with E-state index < -0.39 is 0 Å². The van der Waals surface area contributed by atoms with E-state index in [1.807, 2.05) is 44.2 Å². The number of nitrogens with zero attached hydrogens (tertiary/aromatic N) is 3. The Morgan fingerprint density at radius 2 is 2.00 bits per heavy atom. The Bertz CT molecular complexity index is 846. The van der Waals surface area contributed by atoms with Crippen molar-refractivity contribution in [2.45, 2.75) is 23.4 Å². The van der Waals surface area contributed by atoms with E-state index in [0.29, 0.717) is 14.6 Å². The van der Waals surface area contributed by atoms with Gasteiger partial charge in [0.2, 0.25) is 11.0 Å². The summed E-state index contributed by atoms with van der Waals surface area (Å²) in [5, 5.41) is 11.2. The topological polar surface area (TPSA) is 93.8 Å². The lowest BCUT2D eigenvalue weighted by atomic mass is 10.2. The number of anilines is 2. The molecule has 1 atom stereocenters. The van der Waals surface area contributed by atoms with E-state index in [4.69, 9.17) is 5.73 Å². The summed E-state index contributed by atoms with van der Waals surface area (Å²) in [4.78, 5) is 17.9. The zero-order valence-corrected chi connectivity index (χ0v) is 15.5. The molecule has 3 aromatic rings. The predicted octanol–water partition coefficient (Wildman–Crippen LogP) is 3.67. The minimum atomic E-state index is -0.318. The van der Waals surface area contributed by atoms with E-state index in [1.165, 1.54) is 34.4 Å². The fraction of sp³-hybridized carbons (Fsp3) is 0.200. The van der Waals surface area contributed by atoms with Crippen LogP contribution in [0.3, 0.4) is 0 Å². The highest BCUT2D eigenvalue weighted by Crippen LogP contribution is 2.33. The van der Waals surface area contributed by atoms with Gasteiger partial charge in [0.1, 0.15) is 0 Å². The number of nitrogens with two attached hydrogens (primary N) is 1. The number of carbonyl (C=O) groups is 1. The molecule has 1 unspecified atom stereocenters. The van der Waals surface area contributed by atoms with Gasteiger partial charge < -0.3 is 11.1 Å². The van der Waals surface area contributed by atoms with Gasteiger partial charge in [-0.3, -0.25) is 4.79 Å². The smallest absolute Gasteiger partial charge is 0.239 e. The summed E-state index contributed by atoms with van der Waals surface area (Å²) in [6, 6.07) is 10.0. The maximum Gasteiger partial charge on any atom is 0.239 e. The summed E-state index contributed by atoms with van der Waals surface area (Å²) >= 11 is 4.07. The van der Waals surface area contributed by atoms with Crippen molar-refractivity contribution in [3.8, 4) is 10.4 Å². The SMILES string of the molecule is Cc1nc(NC(=O)C(C)Sc2nnc(N)s2)sc1-c1ccccc1. The van der Waals surface area contributed by atoms with E-state index in [2.05, 4.69) is 20.5 Å². The highest BCUT2D eigenvalue weighted by atomic mass is 32.2. The van der Waals surface area contributed by atoms with Crippen LogP contribution in [-0.4, -0.2) is 26.3 Å². The number of aromatic nitrogens is 3. The molecule has 2 aromatic heterocycles. The van der Waals surface area contributed by atoms with Crippen LogP contribution in [0.15, 0.2) is 34.7 Å². The van der Waals surface area contributed by atoms with Crippen molar-refractivity contribution >= 4 is 50.6 Å². The van der Waals surface area contributed by atoms with Gasteiger partial charge in [0.15, 0.2) is 9.47 Å². The molecule has 0 aliphatic rings. The Balaban J connectivity index is 1.68. The first-order chi connectivity index (χ1) is 11.5. The number of amides is 1. The van der Waals surface area contributed by atoms with Gasteiger partial charge in [-0.15, -0.1) is 10.2 Å². The Kier molecular flexibility index (Phi) is 5.12. The average molecular weight is 378 g/mol. The second kappa shape index (κ2) is 7.29. The van der Waals surface area contributed by atoms with E-state index in [-0.39, 0.29) is 11.2 Å². The fourth-order valence-corrected chi connectivity index (χ4v) is 4.74. The Hall–Kier alpha value is -1.97. The molecule has 1 amide bonds. The van der Waals surface area contributed by atoms with Crippen LogP contribution in [0.2, 0.25) is 0 Å². The van der Waals surface area contributed by atoms with Gasteiger partial charge in [-0.2, -0.15) is 0 Å². The summed E-state index contributed by atoms with van der Waals surface area (Å²) < 4.78 is 0.676. The summed E-state index contributed by atoms with van der Waals surface area (Å²) in [6.07, 6.45) is 0. The maximum absolute atomic E-state index is 12.3. The van der Waals surface area contributed by atoms with Crippen molar-refractivity contribution in [2.24, 2.45) is 0 Å². The van der Waals surface area contributed by atoms with Gasteiger partial charge in [-0.05, 0) is 19.4 Å². The van der Waals surface area contributed by atoms with Gasteiger partial charge in [0, 0.05) is 0 Å². The molecule has 0 bridgehead atoms. The van der Waals surface area contributed by atoms with Crippen molar-refractivity contribution in [1.82, 2.24) is 15.2 Å². The molecule has 0 radical (unpaired) electrons. The van der Waals surface area contributed by atoms with E-state index in [9.17, 15) is 4.79 Å². The van der Waals surface area contributed by atoms with Gasteiger partial charge in [-0.1, -0.05) is 64.8 Å². The Morgan fingerprint density at radius 1 is 1.25 bits per heavy atom. The van der Waals surface area contributed by atoms with Crippen LogP contribution >= 0.6 is 34.4 Å². The van der Waals surface area contributed by atoms with Crippen LogP contribution in [-0.2, 0) is 4.79 Å². The van der Waals surface area contributed by atoms with Gasteiger partial charge in [-0.25, -0.2) is 4.98 Å². The third kappa shape index (κ3) is 3.92. The Morgan fingerprint density at radius 3 is 2.67 bits per heavy atom. The molecule has 9 heteroatoms. The summed E-state index contributed by atoms with van der Waals surface area (Å²) in [6.45, 7) is 3.76. The number of thioether (sulfide) groups is 1. The molecular weight excluding hydrogens is 362 g/mol. The van der Waals surface area contributed by atoms with Gasteiger partial charge in [0.05, 0.1) is 15.8 Å². The summed E-state index contributed by atoms with van der Waals surface area (Å²) in [5.74, 6) is -0.123. The molecule has 0 aliphatic carbocycles. The number of thiazole rings is 1. The molecule has 3 N–H and O–H groups in total. The molecule has 124 valence electrons. The van der Waals surface area contributed by atoms with E-state index >= 15 is 0 Å². The zero-order valence-electron chi connectivity index (χ0n) is 13.0. The summed E-state index contributed by atoms with van der Waals surface area (Å²) in [7, 11) is 0. The number of carbonyl (C=O) groups excluding carboxylic acids is 1.